The lowest BCUT2D eigenvalue weighted by molar-refractivity contribution is 0.393. The van der Waals surface area contributed by atoms with E-state index in [1.165, 1.54) is 11.1 Å². The van der Waals surface area contributed by atoms with Crippen molar-refractivity contribution in [2.24, 2.45) is 0 Å². The second-order valence-corrected chi connectivity index (χ2v) is 4.64. The van der Waals surface area contributed by atoms with Gasteiger partial charge in [-0.15, -0.1) is 0 Å². The van der Waals surface area contributed by atoms with E-state index in [9.17, 15) is 0 Å². The summed E-state index contributed by atoms with van der Waals surface area (Å²) in [5.74, 6) is 1.91. The summed E-state index contributed by atoms with van der Waals surface area (Å²) in [6.45, 7) is 5.08. The third-order valence-electron chi connectivity index (χ3n) is 3.20. The summed E-state index contributed by atoms with van der Waals surface area (Å²) >= 11 is 0. The first kappa shape index (κ1) is 13.7. The van der Waals surface area contributed by atoms with Gasteiger partial charge in [0.15, 0.2) is 0 Å². The van der Waals surface area contributed by atoms with Crippen LogP contribution in [0.3, 0.4) is 0 Å². The molecule has 0 radical (unpaired) electrons. The Hall–Kier alpha value is -1.74. The summed E-state index contributed by atoms with van der Waals surface area (Å²) in [4.78, 5) is 0. The highest BCUT2D eigenvalue weighted by atomic mass is 16.5. The number of methoxy groups -OCH3 is 1. The second kappa shape index (κ2) is 6.43. The van der Waals surface area contributed by atoms with Crippen LogP contribution in [0, 0.1) is 6.92 Å². The van der Waals surface area contributed by atoms with Crippen molar-refractivity contribution in [2.45, 2.75) is 26.3 Å². The second-order valence-electron chi connectivity index (χ2n) is 4.64. The minimum absolute atomic E-state index is 0.201. The molecule has 1 heterocycles. The molecule has 0 spiro atoms. The molecule has 0 saturated heterocycles. The molecule has 102 valence electrons. The fraction of sp³-hybridized carbons (Fsp3) is 0.375. The van der Waals surface area contributed by atoms with Crippen LogP contribution in [0.15, 0.2) is 41.0 Å². The first-order valence-electron chi connectivity index (χ1n) is 6.65. The van der Waals surface area contributed by atoms with Crippen molar-refractivity contribution < 1.29 is 9.15 Å². The number of rotatable bonds is 6. The van der Waals surface area contributed by atoms with E-state index in [1.54, 1.807) is 13.4 Å². The molecule has 0 aliphatic heterocycles. The Kier molecular flexibility index (Phi) is 4.63. The van der Waals surface area contributed by atoms with Crippen molar-refractivity contribution in [3.05, 3.63) is 53.5 Å². The molecular weight excluding hydrogens is 238 g/mol. The first-order chi connectivity index (χ1) is 9.24. The highest BCUT2D eigenvalue weighted by Crippen LogP contribution is 2.28. The van der Waals surface area contributed by atoms with Gasteiger partial charge in [-0.05, 0) is 37.2 Å². The zero-order valence-electron chi connectivity index (χ0n) is 11.8. The van der Waals surface area contributed by atoms with Crippen LogP contribution in [0.1, 0.15) is 29.9 Å². The molecule has 0 fully saturated rings. The number of benzene rings is 1. The minimum atomic E-state index is 0.201. The molecule has 0 amide bonds. The monoisotopic (exact) mass is 259 g/mol. The summed E-state index contributed by atoms with van der Waals surface area (Å²) < 4.78 is 11.0. The van der Waals surface area contributed by atoms with Gasteiger partial charge in [0.1, 0.15) is 11.5 Å². The molecule has 2 aromatic rings. The smallest absolute Gasteiger partial charge is 0.123 e. The minimum Gasteiger partial charge on any atom is -0.496 e. The summed E-state index contributed by atoms with van der Waals surface area (Å²) in [6, 6.07) is 10.4. The molecular formula is C16H21NO2. The fourth-order valence-corrected chi connectivity index (χ4v) is 2.27. The van der Waals surface area contributed by atoms with Crippen molar-refractivity contribution in [3.63, 3.8) is 0 Å². The van der Waals surface area contributed by atoms with Gasteiger partial charge in [-0.1, -0.05) is 19.1 Å². The number of hydrogen-bond donors (Lipinski definition) is 1. The largest absolute Gasteiger partial charge is 0.496 e. The Morgan fingerprint density at radius 3 is 2.79 bits per heavy atom. The number of furan rings is 1. The summed E-state index contributed by atoms with van der Waals surface area (Å²) in [6.07, 6.45) is 2.53. The van der Waals surface area contributed by atoms with Crippen molar-refractivity contribution in [2.75, 3.05) is 13.7 Å². The van der Waals surface area contributed by atoms with E-state index >= 15 is 0 Å². The van der Waals surface area contributed by atoms with Gasteiger partial charge in [0.05, 0.1) is 13.4 Å². The van der Waals surface area contributed by atoms with Crippen LogP contribution in [0.25, 0.3) is 0 Å². The van der Waals surface area contributed by atoms with Gasteiger partial charge in [-0.3, -0.25) is 0 Å². The van der Waals surface area contributed by atoms with Gasteiger partial charge in [0, 0.05) is 18.0 Å². The molecule has 0 aliphatic rings. The molecule has 3 nitrogen and oxygen atoms in total. The highest BCUT2D eigenvalue weighted by Gasteiger charge is 2.17. The summed E-state index contributed by atoms with van der Waals surface area (Å²) in [5.41, 5.74) is 2.38. The van der Waals surface area contributed by atoms with E-state index in [0.717, 1.165) is 24.5 Å². The maximum absolute atomic E-state index is 5.50. The molecule has 2 rings (SSSR count). The van der Waals surface area contributed by atoms with Gasteiger partial charge in [-0.25, -0.2) is 0 Å². The lowest BCUT2D eigenvalue weighted by Crippen LogP contribution is -2.23. The number of likely N-dealkylation sites (N-methyl/N-ethyl adjacent to an activating group) is 1. The van der Waals surface area contributed by atoms with E-state index in [0.29, 0.717) is 0 Å². The van der Waals surface area contributed by atoms with Crippen LogP contribution in [0.5, 0.6) is 5.75 Å². The SMILES string of the molecule is CCNC(Cc1ccco1)c1ccc(C)cc1OC. The van der Waals surface area contributed by atoms with E-state index < -0.39 is 0 Å². The molecule has 1 aromatic carbocycles. The molecule has 1 unspecified atom stereocenters. The van der Waals surface area contributed by atoms with E-state index in [1.807, 2.05) is 12.1 Å². The molecule has 19 heavy (non-hydrogen) atoms. The molecule has 0 bridgehead atoms. The van der Waals surface area contributed by atoms with Crippen LogP contribution >= 0.6 is 0 Å². The van der Waals surface area contributed by atoms with Crippen LogP contribution in [0.4, 0.5) is 0 Å². The molecule has 1 aromatic heterocycles. The normalized spacial score (nSPS) is 12.4. The van der Waals surface area contributed by atoms with Gasteiger partial charge in [0.25, 0.3) is 0 Å². The number of hydrogen-bond acceptors (Lipinski definition) is 3. The molecule has 1 N–H and O–H groups in total. The van der Waals surface area contributed by atoms with Crippen LogP contribution in [-0.4, -0.2) is 13.7 Å². The van der Waals surface area contributed by atoms with E-state index in [-0.39, 0.29) is 6.04 Å². The maximum atomic E-state index is 5.50. The summed E-state index contributed by atoms with van der Waals surface area (Å²) in [7, 11) is 1.72. The Balaban J connectivity index is 2.27. The predicted octanol–water partition coefficient (Wildman–Crippen LogP) is 3.49. The van der Waals surface area contributed by atoms with Crippen molar-refractivity contribution in [1.82, 2.24) is 5.32 Å². The average Bonchev–Trinajstić information content (AvgIpc) is 2.91. The summed E-state index contributed by atoms with van der Waals surface area (Å²) in [5, 5.41) is 3.49. The van der Waals surface area contributed by atoms with Crippen LogP contribution in [-0.2, 0) is 6.42 Å². The van der Waals surface area contributed by atoms with Gasteiger partial charge >= 0.3 is 0 Å². The quantitative estimate of drug-likeness (QED) is 0.862. The number of nitrogens with one attached hydrogen (secondary N) is 1. The van der Waals surface area contributed by atoms with Gasteiger partial charge in [-0.2, -0.15) is 0 Å². The maximum Gasteiger partial charge on any atom is 0.123 e. The third-order valence-corrected chi connectivity index (χ3v) is 3.20. The topological polar surface area (TPSA) is 34.4 Å². The zero-order valence-corrected chi connectivity index (χ0v) is 11.8. The van der Waals surface area contributed by atoms with Crippen molar-refractivity contribution in [1.29, 1.82) is 0 Å². The fourth-order valence-electron chi connectivity index (χ4n) is 2.27. The standard InChI is InChI=1S/C16H21NO2/c1-4-17-15(11-13-6-5-9-19-13)14-8-7-12(2)10-16(14)18-3/h5-10,15,17H,4,11H2,1-3H3. The Morgan fingerprint density at radius 1 is 1.32 bits per heavy atom. The Bertz CT molecular complexity index is 505. The van der Waals surface area contributed by atoms with Gasteiger partial charge < -0.3 is 14.5 Å². The zero-order chi connectivity index (χ0) is 13.7. The Morgan fingerprint density at radius 2 is 2.16 bits per heavy atom. The lowest BCUT2D eigenvalue weighted by atomic mass is 10.00. The van der Waals surface area contributed by atoms with Crippen LogP contribution in [0.2, 0.25) is 0 Å². The molecule has 3 heteroatoms. The van der Waals surface area contributed by atoms with E-state index in [4.69, 9.17) is 9.15 Å². The van der Waals surface area contributed by atoms with Crippen molar-refractivity contribution in [3.8, 4) is 5.75 Å². The number of ether oxygens (including phenoxy) is 1. The van der Waals surface area contributed by atoms with Gasteiger partial charge in [0.2, 0.25) is 0 Å². The number of aryl methyl sites for hydroxylation is 1. The Labute approximate surface area is 114 Å². The van der Waals surface area contributed by atoms with Crippen LogP contribution < -0.4 is 10.1 Å². The molecule has 1 atom stereocenters. The first-order valence-corrected chi connectivity index (χ1v) is 6.65. The molecule has 0 saturated carbocycles. The van der Waals surface area contributed by atoms with Crippen molar-refractivity contribution >= 4 is 0 Å². The van der Waals surface area contributed by atoms with E-state index in [2.05, 4.69) is 37.4 Å². The highest BCUT2D eigenvalue weighted by molar-refractivity contribution is 5.39. The predicted molar refractivity (Wildman–Crippen MR) is 76.6 cm³/mol. The molecule has 0 aliphatic carbocycles. The third kappa shape index (κ3) is 3.38. The average molecular weight is 259 g/mol. The lowest BCUT2D eigenvalue weighted by Gasteiger charge is -2.20.